The van der Waals surface area contributed by atoms with Crippen LogP contribution >= 0.6 is 11.6 Å². The Kier molecular flexibility index (Phi) is 8.67. The molecule has 216 valence electrons. The van der Waals surface area contributed by atoms with E-state index in [0.717, 1.165) is 22.9 Å². The molecule has 3 heterocycles. The van der Waals surface area contributed by atoms with Gasteiger partial charge < -0.3 is 10.1 Å². The fraction of sp³-hybridized carbons (Fsp3) is 0.345. The summed E-state index contributed by atoms with van der Waals surface area (Å²) in [7, 11) is 3.43. The van der Waals surface area contributed by atoms with Gasteiger partial charge in [-0.25, -0.2) is 18.3 Å². The quantitative estimate of drug-likeness (QED) is 0.279. The van der Waals surface area contributed by atoms with Crippen LogP contribution in [0.1, 0.15) is 17.0 Å². The van der Waals surface area contributed by atoms with Gasteiger partial charge in [-0.1, -0.05) is 24.3 Å². The van der Waals surface area contributed by atoms with Gasteiger partial charge in [0.25, 0.3) is 0 Å². The predicted octanol–water partition coefficient (Wildman–Crippen LogP) is 4.70. The zero-order valence-electron chi connectivity index (χ0n) is 23.0. The molecule has 9 nitrogen and oxygen atoms in total. The van der Waals surface area contributed by atoms with E-state index in [0.29, 0.717) is 42.7 Å². The number of likely N-dealkylation sites (tertiary alicyclic amines) is 1. The molecule has 0 radical (unpaired) electrons. The number of aryl methyl sites for hydroxylation is 1. The molecule has 2 aromatic heterocycles. The number of halogens is 3. The van der Waals surface area contributed by atoms with Crippen molar-refractivity contribution in [2.45, 2.75) is 24.9 Å². The maximum atomic E-state index is 14.2. The summed E-state index contributed by atoms with van der Waals surface area (Å²) in [6.45, 7) is 3.24. The molecule has 5 rings (SSSR count). The molecule has 0 bridgehead atoms. The molecule has 0 saturated carbocycles. The molecule has 41 heavy (non-hydrogen) atoms. The molecule has 0 spiro atoms. The average Bonchev–Trinajstić information content (AvgIpc) is 3.67. The van der Waals surface area contributed by atoms with E-state index in [1.165, 1.54) is 6.07 Å². The summed E-state index contributed by atoms with van der Waals surface area (Å²) in [6, 6.07) is 12.4. The fourth-order valence-electron chi connectivity index (χ4n) is 5.33. The van der Waals surface area contributed by atoms with E-state index in [1.54, 1.807) is 28.7 Å². The predicted molar refractivity (Wildman–Crippen MR) is 154 cm³/mol. The van der Waals surface area contributed by atoms with E-state index >= 15 is 0 Å². The Balaban J connectivity index is 1.44. The van der Waals surface area contributed by atoms with Crippen LogP contribution in [0.3, 0.4) is 0 Å². The molecule has 12 heteroatoms. The number of hydrogen-bond donors (Lipinski definition) is 2. The number of nitrogens with one attached hydrogen (secondary N) is 2. The van der Waals surface area contributed by atoms with Crippen LogP contribution in [0.2, 0.25) is 0 Å². The smallest absolute Gasteiger partial charge is 0.320 e. The van der Waals surface area contributed by atoms with Gasteiger partial charge in [0.1, 0.15) is 11.5 Å². The summed E-state index contributed by atoms with van der Waals surface area (Å²) in [5.41, 5.74) is 3.64. The minimum Gasteiger partial charge on any atom is -0.383 e. The number of rotatable bonds is 9. The van der Waals surface area contributed by atoms with Crippen molar-refractivity contribution in [1.82, 2.24) is 29.8 Å². The lowest BCUT2D eigenvalue weighted by Crippen LogP contribution is -2.44. The second-order valence-corrected chi connectivity index (χ2v) is 10.5. The maximum absolute atomic E-state index is 14.2. The number of urea groups is 1. The molecule has 2 amide bonds. The summed E-state index contributed by atoms with van der Waals surface area (Å²) in [6.07, 6.45) is 3.59. The van der Waals surface area contributed by atoms with Crippen LogP contribution in [0.25, 0.3) is 16.9 Å². The third kappa shape index (κ3) is 6.12. The van der Waals surface area contributed by atoms with Crippen molar-refractivity contribution in [3.8, 4) is 16.9 Å². The van der Waals surface area contributed by atoms with Gasteiger partial charge >= 0.3 is 6.03 Å². The molecule has 0 aliphatic carbocycles. The van der Waals surface area contributed by atoms with Crippen LogP contribution in [0.5, 0.6) is 0 Å². The first kappa shape index (κ1) is 28.7. The second kappa shape index (κ2) is 12.4. The number of amides is 2. The van der Waals surface area contributed by atoms with Gasteiger partial charge in [-0.3, -0.25) is 14.9 Å². The van der Waals surface area contributed by atoms with Crippen molar-refractivity contribution >= 4 is 23.4 Å². The van der Waals surface area contributed by atoms with Gasteiger partial charge in [-0.05, 0) is 36.8 Å². The Labute approximate surface area is 242 Å². The highest BCUT2D eigenvalue weighted by atomic mass is 35.5. The van der Waals surface area contributed by atoms with Crippen molar-refractivity contribution in [1.29, 1.82) is 0 Å². The van der Waals surface area contributed by atoms with Gasteiger partial charge in [-0.2, -0.15) is 10.2 Å². The first-order valence-electron chi connectivity index (χ1n) is 13.2. The van der Waals surface area contributed by atoms with E-state index in [9.17, 15) is 13.6 Å². The van der Waals surface area contributed by atoms with E-state index in [1.807, 2.05) is 50.5 Å². The third-order valence-corrected chi connectivity index (χ3v) is 7.78. The first-order valence-corrected chi connectivity index (χ1v) is 13.8. The van der Waals surface area contributed by atoms with Crippen LogP contribution in [0.15, 0.2) is 60.9 Å². The van der Waals surface area contributed by atoms with Crippen molar-refractivity contribution in [3.63, 3.8) is 0 Å². The number of anilines is 1. The molecular weight excluding hydrogens is 552 g/mol. The number of carbonyl (C=O) groups excluding carboxylic acids is 1. The van der Waals surface area contributed by atoms with Crippen LogP contribution in [-0.2, 0) is 11.8 Å². The average molecular weight is 584 g/mol. The number of carbonyl (C=O) groups is 1. The van der Waals surface area contributed by atoms with Crippen molar-refractivity contribution in [3.05, 3.63) is 83.7 Å². The highest BCUT2D eigenvalue weighted by Crippen LogP contribution is 2.32. The maximum Gasteiger partial charge on any atom is 0.320 e. The summed E-state index contributed by atoms with van der Waals surface area (Å²) in [5.74, 6) is -1.32. The second-order valence-electron chi connectivity index (χ2n) is 10.2. The lowest BCUT2D eigenvalue weighted by atomic mass is 9.94. The zero-order chi connectivity index (χ0) is 29.1. The minimum absolute atomic E-state index is 0.104. The molecule has 3 atom stereocenters. The first-order chi connectivity index (χ1) is 19.8. The number of aromatic nitrogens is 4. The number of para-hydroxylation sites is 1. The number of alkyl halides is 1. The van der Waals surface area contributed by atoms with Gasteiger partial charge in [0.05, 0.1) is 24.5 Å². The SMILES string of the molecule is COCC(CCl)N1C[C@@H](NC(=O)Nc2c(C)c(-c3cnn(C)c3)nn2-c2ccccc2)[C@H](c2ccc(F)c(F)c2)C1. The van der Waals surface area contributed by atoms with E-state index in [2.05, 4.69) is 20.6 Å². The van der Waals surface area contributed by atoms with E-state index in [-0.39, 0.29) is 12.0 Å². The topological polar surface area (TPSA) is 89.2 Å². The van der Waals surface area contributed by atoms with Crippen molar-refractivity contribution < 1.29 is 18.3 Å². The highest BCUT2D eigenvalue weighted by molar-refractivity contribution is 6.18. The lowest BCUT2D eigenvalue weighted by Gasteiger charge is -2.25. The molecule has 1 saturated heterocycles. The number of hydrogen-bond acceptors (Lipinski definition) is 5. The van der Waals surface area contributed by atoms with Crippen LogP contribution in [-0.4, -0.2) is 75.3 Å². The van der Waals surface area contributed by atoms with Gasteiger partial charge in [0, 0.05) is 62.4 Å². The van der Waals surface area contributed by atoms with Crippen LogP contribution < -0.4 is 10.6 Å². The van der Waals surface area contributed by atoms with Gasteiger partial charge in [0.15, 0.2) is 11.6 Å². The zero-order valence-corrected chi connectivity index (χ0v) is 23.8. The summed E-state index contributed by atoms with van der Waals surface area (Å²) < 4.78 is 36.6. The van der Waals surface area contributed by atoms with Crippen molar-refractivity contribution in [2.24, 2.45) is 7.05 Å². The molecule has 2 aromatic carbocycles. The van der Waals surface area contributed by atoms with Crippen LogP contribution in [0, 0.1) is 18.6 Å². The molecule has 4 aromatic rings. The van der Waals surface area contributed by atoms with Crippen LogP contribution in [0.4, 0.5) is 19.4 Å². The molecule has 1 fully saturated rings. The summed E-state index contributed by atoms with van der Waals surface area (Å²) in [4.78, 5) is 15.6. The Morgan fingerprint density at radius 3 is 2.61 bits per heavy atom. The molecule has 1 aliphatic rings. The molecule has 1 aliphatic heterocycles. The standard InChI is InChI=1S/C29H32ClF2N7O2/c1-18-27(20-13-33-37(2)14-20)36-39(21-7-5-4-6-8-21)28(18)35-29(40)34-26-16-38(22(12-30)17-41-3)15-23(26)19-9-10-24(31)25(32)11-19/h4-11,13-14,22-23,26H,12,15-17H2,1-3H3,(H2,34,35,40)/t22?,23-,26+/m0/s1. The third-order valence-electron chi connectivity index (χ3n) is 7.42. The number of ether oxygens (including phenoxy) is 1. The largest absolute Gasteiger partial charge is 0.383 e. The molecule has 2 N–H and O–H groups in total. The summed E-state index contributed by atoms with van der Waals surface area (Å²) >= 11 is 6.23. The Morgan fingerprint density at radius 2 is 1.95 bits per heavy atom. The Hall–Kier alpha value is -3.80. The number of methoxy groups -OCH3 is 1. The molecule has 1 unspecified atom stereocenters. The molecular formula is C29H32ClF2N7O2. The normalized spacial score (nSPS) is 18.0. The minimum atomic E-state index is -0.930. The number of nitrogens with zero attached hydrogens (tertiary/aromatic N) is 5. The monoisotopic (exact) mass is 583 g/mol. The summed E-state index contributed by atoms with van der Waals surface area (Å²) in [5, 5.41) is 15.1. The fourth-order valence-corrected chi connectivity index (χ4v) is 5.61. The highest BCUT2D eigenvalue weighted by Gasteiger charge is 2.38. The van der Waals surface area contributed by atoms with Gasteiger partial charge in [0.2, 0.25) is 0 Å². The number of benzene rings is 2. The van der Waals surface area contributed by atoms with Gasteiger partial charge in [-0.15, -0.1) is 11.6 Å². The van der Waals surface area contributed by atoms with E-state index in [4.69, 9.17) is 21.4 Å². The Bertz CT molecular complexity index is 1510. The lowest BCUT2D eigenvalue weighted by molar-refractivity contribution is 0.114. The Morgan fingerprint density at radius 1 is 1.17 bits per heavy atom. The van der Waals surface area contributed by atoms with E-state index < -0.39 is 23.7 Å². The van der Waals surface area contributed by atoms with Crippen molar-refractivity contribution in [2.75, 3.05) is 38.0 Å².